The molecule has 0 spiro atoms. The first-order chi connectivity index (χ1) is 13.1. The van der Waals surface area contributed by atoms with Gasteiger partial charge >= 0.3 is 6.18 Å². The third-order valence-corrected chi connectivity index (χ3v) is 3.39. The first-order valence-corrected chi connectivity index (χ1v) is 8.15. The number of alkyl halides is 3. The topological polar surface area (TPSA) is 89.6 Å². The summed E-state index contributed by atoms with van der Waals surface area (Å²) in [6.45, 7) is -0.0407. The number of carbonyl (C=O) groups is 2. The van der Waals surface area contributed by atoms with Gasteiger partial charge in [-0.15, -0.1) is 0 Å². The summed E-state index contributed by atoms with van der Waals surface area (Å²) in [5.74, 6) is -1.38. The molecule has 2 aromatic rings. The maximum absolute atomic E-state index is 12.1. The number of hydrogen-bond acceptors (Lipinski definition) is 5. The second-order valence-corrected chi connectivity index (χ2v) is 5.93. The average Bonchev–Trinajstić information content (AvgIpc) is 2.62. The van der Waals surface area contributed by atoms with Crippen LogP contribution in [0.4, 0.5) is 13.2 Å². The number of ether oxygens (including phenoxy) is 2. The summed E-state index contributed by atoms with van der Waals surface area (Å²) in [6, 6.07) is 8.11. The van der Waals surface area contributed by atoms with Crippen molar-refractivity contribution in [2.45, 2.75) is 13.1 Å². The number of rotatable bonds is 6. The lowest BCUT2D eigenvalue weighted by molar-refractivity contribution is -0.154. The molecule has 2 amide bonds. The van der Waals surface area contributed by atoms with Crippen molar-refractivity contribution < 1.29 is 32.2 Å². The minimum atomic E-state index is -4.55. The Balaban J connectivity index is 1.83. The van der Waals surface area contributed by atoms with E-state index in [1.54, 1.807) is 18.2 Å². The maximum Gasteiger partial charge on any atom is 0.422 e. The molecule has 150 valence electrons. The Morgan fingerprint density at radius 2 is 1.93 bits per heavy atom. The van der Waals surface area contributed by atoms with Gasteiger partial charge in [0.25, 0.3) is 11.8 Å². The quantitative estimate of drug-likeness (QED) is 0.705. The van der Waals surface area contributed by atoms with Gasteiger partial charge in [0, 0.05) is 6.20 Å². The molecule has 1 aromatic heterocycles. The van der Waals surface area contributed by atoms with E-state index in [1.165, 1.54) is 0 Å². The van der Waals surface area contributed by atoms with Crippen molar-refractivity contribution in [2.75, 3.05) is 13.2 Å². The lowest BCUT2D eigenvalue weighted by Gasteiger charge is -2.11. The van der Waals surface area contributed by atoms with Crippen LogP contribution in [-0.2, 0) is 4.79 Å². The van der Waals surface area contributed by atoms with E-state index in [-0.39, 0.29) is 17.2 Å². The van der Waals surface area contributed by atoms with Crippen molar-refractivity contribution in [3.63, 3.8) is 0 Å². The standard InChI is InChI=1S/C17H15ClF3N3O4/c1-10-3-2-4-12(5-10)27-8-14(25)23-24-15(26)11-6-13(18)16(22-7-11)28-9-17(19,20)21/h2-7H,8-9H2,1H3,(H,23,25)(H,24,26). The Labute approximate surface area is 162 Å². The van der Waals surface area contributed by atoms with Crippen LogP contribution in [0.15, 0.2) is 36.5 Å². The van der Waals surface area contributed by atoms with E-state index in [2.05, 4.69) is 20.6 Å². The average molecular weight is 418 g/mol. The van der Waals surface area contributed by atoms with E-state index in [9.17, 15) is 22.8 Å². The summed E-state index contributed by atoms with van der Waals surface area (Å²) in [5.41, 5.74) is 5.11. The van der Waals surface area contributed by atoms with Crippen LogP contribution in [-0.4, -0.2) is 36.2 Å². The van der Waals surface area contributed by atoms with Crippen molar-refractivity contribution in [3.8, 4) is 11.6 Å². The fraction of sp³-hybridized carbons (Fsp3) is 0.235. The Hall–Kier alpha value is -3.01. The van der Waals surface area contributed by atoms with Crippen LogP contribution in [0, 0.1) is 6.92 Å². The number of nitrogens with zero attached hydrogens (tertiary/aromatic N) is 1. The number of amides is 2. The number of nitrogens with one attached hydrogen (secondary N) is 2. The van der Waals surface area contributed by atoms with Gasteiger partial charge in [0.15, 0.2) is 13.2 Å². The fourth-order valence-corrected chi connectivity index (χ4v) is 2.12. The molecule has 0 aliphatic rings. The van der Waals surface area contributed by atoms with Gasteiger partial charge in [0.05, 0.1) is 5.56 Å². The molecular weight excluding hydrogens is 403 g/mol. The van der Waals surface area contributed by atoms with Crippen molar-refractivity contribution in [1.82, 2.24) is 15.8 Å². The molecule has 0 aliphatic carbocycles. The lowest BCUT2D eigenvalue weighted by Crippen LogP contribution is -2.43. The Bertz CT molecular complexity index is 862. The molecule has 0 saturated carbocycles. The summed E-state index contributed by atoms with van der Waals surface area (Å²) in [5, 5.41) is -0.286. The number of hydrazine groups is 1. The van der Waals surface area contributed by atoms with Crippen LogP contribution in [0.2, 0.25) is 5.02 Å². The molecule has 0 radical (unpaired) electrons. The van der Waals surface area contributed by atoms with Crippen LogP contribution in [0.25, 0.3) is 0 Å². The fourth-order valence-electron chi connectivity index (χ4n) is 1.89. The molecule has 0 saturated heterocycles. The highest BCUT2D eigenvalue weighted by molar-refractivity contribution is 6.32. The molecule has 0 unspecified atom stereocenters. The summed E-state index contributed by atoms with van der Waals surface area (Å²) in [6.07, 6.45) is -3.59. The van der Waals surface area contributed by atoms with Gasteiger partial charge in [0.1, 0.15) is 10.8 Å². The number of carbonyl (C=O) groups excluding carboxylic acids is 2. The van der Waals surface area contributed by atoms with E-state index >= 15 is 0 Å². The minimum Gasteiger partial charge on any atom is -0.484 e. The number of hydrogen-bond donors (Lipinski definition) is 2. The van der Waals surface area contributed by atoms with Gasteiger partial charge in [-0.05, 0) is 30.7 Å². The number of pyridine rings is 1. The highest BCUT2D eigenvalue weighted by atomic mass is 35.5. The predicted molar refractivity (Wildman–Crippen MR) is 93.1 cm³/mol. The van der Waals surface area contributed by atoms with Crippen LogP contribution >= 0.6 is 11.6 Å². The summed E-state index contributed by atoms with van der Waals surface area (Å²) in [7, 11) is 0. The smallest absolute Gasteiger partial charge is 0.422 e. The second-order valence-electron chi connectivity index (χ2n) is 5.52. The summed E-state index contributed by atoms with van der Waals surface area (Å²) >= 11 is 5.75. The third kappa shape index (κ3) is 6.95. The maximum atomic E-state index is 12.1. The number of aryl methyl sites for hydroxylation is 1. The first kappa shape index (κ1) is 21.3. The van der Waals surface area contributed by atoms with E-state index in [1.807, 2.05) is 13.0 Å². The SMILES string of the molecule is Cc1cccc(OCC(=O)NNC(=O)c2cnc(OCC(F)(F)F)c(Cl)c2)c1. The largest absolute Gasteiger partial charge is 0.484 e. The minimum absolute atomic E-state index is 0.0933. The highest BCUT2D eigenvalue weighted by Gasteiger charge is 2.29. The van der Waals surface area contributed by atoms with Gasteiger partial charge in [-0.2, -0.15) is 13.2 Å². The number of benzene rings is 1. The van der Waals surface area contributed by atoms with Crippen LogP contribution < -0.4 is 20.3 Å². The van der Waals surface area contributed by atoms with Gasteiger partial charge in [0.2, 0.25) is 5.88 Å². The monoisotopic (exact) mass is 417 g/mol. The van der Waals surface area contributed by atoms with Crippen LogP contribution in [0.5, 0.6) is 11.6 Å². The normalized spacial score (nSPS) is 10.9. The molecule has 1 heterocycles. The zero-order valence-electron chi connectivity index (χ0n) is 14.5. The predicted octanol–water partition coefficient (Wildman–Crippen LogP) is 2.82. The molecule has 0 fully saturated rings. The third-order valence-electron chi connectivity index (χ3n) is 3.12. The summed E-state index contributed by atoms with van der Waals surface area (Å²) in [4.78, 5) is 27.2. The van der Waals surface area contributed by atoms with E-state index in [4.69, 9.17) is 16.3 Å². The van der Waals surface area contributed by atoms with Crippen molar-refractivity contribution >= 4 is 23.4 Å². The van der Waals surface area contributed by atoms with E-state index in [0.29, 0.717) is 5.75 Å². The second kappa shape index (κ2) is 9.27. The molecule has 1 aromatic carbocycles. The molecule has 11 heteroatoms. The zero-order valence-corrected chi connectivity index (χ0v) is 15.2. The van der Waals surface area contributed by atoms with E-state index in [0.717, 1.165) is 17.8 Å². The van der Waals surface area contributed by atoms with Gasteiger partial charge in [-0.1, -0.05) is 23.7 Å². The first-order valence-electron chi connectivity index (χ1n) is 7.78. The van der Waals surface area contributed by atoms with Gasteiger partial charge < -0.3 is 9.47 Å². The van der Waals surface area contributed by atoms with Gasteiger partial charge in [-0.25, -0.2) is 4.98 Å². The van der Waals surface area contributed by atoms with Crippen molar-refractivity contribution in [2.24, 2.45) is 0 Å². The van der Waals surface area contributed by atoms with Crippen molar-refractivity contribution in [1.29, 1.82) is 0 Å². The molecule has 28 heavy (non-hydrogen) atoms. The van der Waals surface area contributed by atoms with Crippen molar-refractivity contribution in [3.05, 3.63) is 52.7 Å². The molecule has 0 atom stereocenters. The van der Waals surface area contributed by atoms with Crippen LogP contribution in [0.1, 0.15) is 15.9 Å². The lowest BCUT2D eigenvalue weighted by atomic mass is 10.2. The number of aromatic nitrogens is 1. The molecule has 0 bridgehead atoms. The van der Waals surface area contributed by atoms with Gasteiger partial charge in [-0.3, -0.25) is 20.4 Å². The molecular formula is C17H15ClF3N3O4. The highest BCUT2D eigenvalue weighted by Crippen LogP contribution is 2.24. The Morgan fingerprint density at radius 3 is 2.57 bits per heavy atom. The molecule has 2 N–H and O–H groups in total. The Kier molecular flexibility index (Phi) is 7.05. The summed E-state index contributed by atoms with van der Waals surface area (Å²) < 4.78 is 46.1. The van der Waals surface area contributed by atoms with E-state index < -0.39 is 30.5 Å². The zero-order chi connectivity index (χ0) is 20.7. The number of halogens is 4. The molecule has 2 rings (SSSR count). The molecule has 7 nitrogen and oxygen atoms in total. The Morgan fingerprint density at radius 1 is 1.18 bits per heavy atom. The van der Waals surface area contributed by atoms with Crippen LogP contribution in [0.3, 0.4) is 0 Å². The molecule has 0 aliphatic heterocycles.